The van der Waals surface area contributed by atoms with Gasteiger partial charge in [0.1, 0.15) is 24.1 Å². The van der Waals surface area contributed by atoms with Crippen LogP contribution in [0.1, 0.15) is 16.0 Å². The second-order valence-corrected chi connectivity index (χ2v) is 7.14. The molecule has 0 aliphatic carbocycles. The van der Waals surface area contributed by atoms with E-state index in [1.165, 1.54) is 11.3 Å². The SMILES string of the molecule is Cc1cccc(Cc2sccc2OC2OC(CO)C(F)C(O)C2O)c1. The van der Waals surface area contributed by atoms with Gasteiger partial charge in [0.15, 0.2) is 6.17 Å². The van der Waals surface area contributed by atoms with Crippen LogP contribution in [0.25, 0.3) is 0 Å². The predicted molar refractivity (Wildman–Crippen MR) is 91.6 cm³/mol. The minimum Gasteiger partial charge on any atom is -0.461 e. The zero-order valence-corrected chi connectivity index (χ0v) is 14.5. The van der Waals surface area contributed by atoms with Crippen molar-refractivity contribution >= 4 is 11.3 Å². The van der Waals surface area contributed by atoms with Gasteiger partial charge in [-0.05, 0) is 23.9 Å². The third kappa shape index (κ3) is 4.02. The number of thiophene rings is 1. The average molecular weight is 368 g/mol. The lowest BCUT2D eigenvalue weighted by Crippen LogP contribution is -2.58. The molecular formula is C18H21FO5S. The summed E-state index contributed by atoms with van der Waals surface area (Å²) in [5.41, 5.74) is 2.28. The van der Waals surface area contributed by atoms with E-state index in [4.69, 9.17) is 9.47 Å². The highest BCUT2D eigenvalue weighted by Crippen LogP contribution is 2.32. The Bertz CT molecular complexity index is 704. The van der Waals surface area contributed by atoms with Crippen LogP contribution in [0.3, 0.4) is 0 Å². The Kier molecular flexibility index (Phi) is 5.71. The van der Waals surface area contributed by atoms with E-state index in [2.05, 4.69) is 6.07 Å². The Morgan fingerprint density at radius 2 is 2.04 bits per heavy atom. The van der Waals surface area contributed by atoms with Gasteiger partial charge in [0.2, 0.25) is 6.29 Å². The monoisotopic (exact) mass is 368 g/mol. The quantitative estimate of drug-likeness (QED) is 0.750. The predicted octanol–water partition coefficient (Wildman–Crippen LogP) is 1.80. The fourth-order valence-electron chi connectivity index (χ4n) is 2.83. The van der Waals surface area contributed by atoms with Crippen molar-refractivity contribution in [1.29, 1.82) is 0 Å². The van der Waals surface area contributed by atoms with Crippen molar-refractivity contribution in [2.24, 2.45) is 0 Å². The summed E-state index contributed by atoms with van der Waals surface area (Å²) in [6, 6.07) is 9.84. The van der Waals surface area contributed by atoms with E-state index in [0.717, 1.165) is 16.0 Å². The smallest absolute Gasteiger partial charge is 0.229 e. The van der Waals surface area contributed by atoms with E-state index < -0.39 is 37.4 Å². The number of halogens is 1. The highest BCUT2D eigenvalue weighted by Gasteiger charge is 2.46. The summed E-state index contributed by atoms with van der Waals surface area (Å²) >= 11 is 1.50. The molecule has 0 amide bonds. The lowest BCUT2D eigenvalue weighted by atomic mass is 10.0. The Morgan fingerprint density at radius 1 is 1.24 bits per heavy atom. The second-order valence-electron chi connectivity index (χ2n) is 6.14. The lowest BCUT2D eigenvalue weighted by Gasteiger charge is -2.38. The molecule has 1 saturated heterocycles. The molecule has 1 aromatic carbocycles. The van der Waals surface area contributed by atoms with Gasteiger partial charge in [0.05, 0.1) is 11.5 Å². The molecule has 5 nitrogen and oxygen atoms in total. The number of rotatable bonds is 5. The van der Waals surface area contributed by atoms with E-state index in [0.29, 0.717) is 12.2 Å². The first-order valence-electron chi connectivity index (χ1n) is 8.04. The highest BCUT2D eigenvalue weighted by atomic mass is 32.1. The molecule has 0 saturated carbocycles. The van der Waals surface area contributed by atoms with Gasteiger partial charge in [-0.25, -0.2) is 4.39 Å². The van der Waals surface area contributed by atoms with Gasteiger partial charge in [-0.1, -0.05) is 29.8 Å². The van der Waals surface area contributed by atoms with E-state index >= 15 is 0 Å². The molecule has 0 radical (unpaired) electrons. The zero-order chi connectivity index (χ0) is 18.0. The van der Waals surface area contributed by atoms with Crippen molar-refractivity contribution in [3.63, 3.8) is 0 Å². The second kappa shape index (κ2) is 7.80. The standard InChI is InChI=1S/C18H21FO5S/c1-10-3-2-4-11(7-10)8-14-12(5-6-25-14)23-18-17(22)16(21)15(19)13(9-20)24-18/h2-7,13,15-18,20-22H,8-9H2,1H3. The minimum atomic E-state index is -1.87. The van der Waals surface area contributed by atoms with Crippen LogP contribution in [-0.2, 0) is 11.2 Å². The number of aryl methyl sites for hydroxylation is 1. The third-order valence-corrected chi connectivity index (χ3v) is 5.10. The molecule has 5 unspecified atom stereocenters. The number of aliphatic hydroxyl groups excluding tert-OH is 3. The topological polar surface area (TPSA) is 79.2 Å². The van der Waals surface area contributed by atoms with Crippen molar-refractivity contribution in [3.05, 3.63) is 51.7 Å². The summed E-state index contributed by atoms with van der Waals surface area (Å²) in [4.78, 5) is 0.929. The highest BCUT2D eigenvalue weighted by molar-refractivity contribution is 7.10. The van der Waals surface area contributed by atoms with Gasteiger partial charge in [-0.15, -0.1) is 11.3 Å². The van der Waals surface area contributed by atoms with E-state index in [-0.39, 0.29) is 0 Å². The van der Waals surface area contributed by atoms with Gasteiger partial charge in [0, 0.05) is 6.42 Å². The van der Waals surface area contributed by atoms with E-state index in [1.807, 2.05) is 30.5 Å². The number of benzene rings is 1. The number of alkyl halides is 1. The molecule has 7 heteroatoms. The number of ether oxygens (including phenoxy) is 2. The van der Waals surface area contributed by atoms with Gasteiger partial charge in [-0.2, -0.15) is 0 Å². The maximum atomic E-state index is 13.8. The van der Waals surface area contributed by atoms with Crippen LogP contribution < -0.4 is 4.74 Å². The molecule has 0 bridgehead atoms. The molecule has 2 heterocycles. The van der Waals surface area contributed by atoms with Gasteiger partial charge < -0.3 is 24.8 Å². The summed E-state index contributed by atoms with van der Waals surface area (Å²) in [6.45, 7) is 1.41. The normalized spacial score (nSPS) is 29.6. The van der Waals surface area contributed by atoms with Gasteiger partial charge in [-0.3, -0.25) is 0 Å². The summed E-state index contributed by atoms with van der Waals surface area (Å²) < 4.78 is 24.8. The molecule has 25 heavy (non-hydrogen) atoms. The van der Waals surface area contributed by atoms with Crippen LogP contribution in [0.4, 0.5) is 4.39 Å². The molecular weight excluding hydrogens is 347 g/mol. The maximum Gasteiger partial charge on any atom is 0.229 e. The molecule has 1 fully saturated rings. The molecule has 3 rings (SSSR count). The molecule has 2 aromatic rings. The van der Waals surface area contributed by atoms with Crippen molar-refractivity contribution < 1.29 is 29.2 Å². The van der Waals surface area contributed by atoms with Crippen LogP contribution in [-0.4, -0.2) is 52.7 Å². The first kappa shape index (κ1) is 18.3. The van der Waals surface area contributed by atoms with Crippen molar-refractivity contribution in [2.45, 2.75) is 44.1 Å². The van der Waals surface area contributed by atoms with E-state index in [1.54, 1.807) is 6.07 Å². The van der Waals surface area contributed by atoms with Gasteiger partial charge in [0.25, 0.3) is 0 Å². The zero-order valence-electron chi connectivity index (χ0n) is 13.7. The number of hydrogen-bond donors (Lipinski definition) is 3. The summed E-state index contributed by atoms with van der Waals surface area (Å²) in [7, 11) is 0. The molecule has 136 valence electrons. The Morgan fingerprint density at radius 3 is 2.76 bits per heavy atom. The first-order valence-corrected chi connectivity index (χ1v) is 8.92. The summed E-state index contributed by atoms with van der Waals surface area (Å²) in [5, 5.41) is 30.8. The Balaban J connectivity index is 1.74. The third-order valence-electron chi connectivity index (χ3n) is 4.19. The van der Waals surface area contributed by atoms with Crippen LogP contribution in [0.2, 0.25) is 0 Å². The Hall–Kier alpha value is -1.51. The average Bonchev–Trinajstić information content (AvgIpc) is 3.02. The van der Waals surface area contributed by atoms with Gasteiger partial charge >= 0.3 is 0 Å². The molecule has 1 aliphatic heterocycles. The van der Waals surface area contributed by atoms with Crippen LogP contribution in [0.15, 0.2) is 35.7 Å². The lowest BCUT2D eigenvalue weighted by molar-refractivity contribution is -0.265. The van der Waals surface area contributed by atoms with Crippen LogP contribution in [0.5, 0.6) is 5.75 Å². The molecule has 1 aliphatic rings. The van der Waals surface area contributed by atoms with Crippen LogP contribution >= 0.6 is 11.3 Å². The molecule has 5 atom stereocenters. The fourth-order valence-corrected chi connectivity index (χ4v) is 3.67. The minimum absolute atomic E-state index is 0.511. The first-order chi connectivity index (χ1) is 12.0. The Labute approximate surface area is 149 Å². The molecule has 0 spiro atoms. The van der Waals surface area contributed by atoms with E-state index in [9.17, 15) is 19.7 Å². The van der Waals surface area contributed by atoms with Crippen molar-refractivity contribution in [2.75, 3.05) is 6.61 Å². The van der Waals surface area contributed by atoms with Crippen molar-refractivity contribution in [1.82, 2.24) is 0 Å². The largest absolute Gasteiger partial charge is 0.461 e. The maximum absolute atomic E-state index is 13.8. The number of aliphatic hydroxyl groups is 3. The fraction of sp³-hybridized carbons (Fsp3) is 0.444. The van der Waals surface area contributed by atoms with Crippen molar-refractivity contribution in [3.8, 4) is 5.75 Å². The molecule has 3 N–H and O–H groups in total. The summed E-state index contributed by atoms with van der Waals surface area (Å²) in [6.07, 6.45) is -6.91. The summed E-state index contributed by atoms with van der Waals surface area (Å²) in [5.74, 6) is 0.511. The molecule has 1 aromatic heterocycles. The number of hydrogen-bond acceptors (Lipinski definition) is 6. The van der Waals surface area contributed by atoms with Crippen LogP contribution in [0, 0.1) is 6.92 Å².